The molecule has 17 heavy (non-hydrogen) atoms. The van der Waals surface area contributed by atoms with Gasteiger partial charge in [-0.25, -0.2) is 9.18 Å². The minimum atomic E-state index is -0.512. The summed E-state index contributed by atoms with van der Waals surface area (Å²) in [7, 11) is 2.70. The number of amides is 2. The number of halogens is 1. The molecule has 0 aliphatic rings. The fourth-order valence-electron chi connectivity index (χ4n) is 1.08. The second kappa shape index (κ2) is 5.83. The number of carbonyl (C=O) groups is 2. The van der Waals surface area contributed by atoms with Crippen molar-refractivity contribution in [1.82, 2.24) is 4.90 Å². The summed E-state index contributed by atoms with van der Waals surface area (Å²) >= 11 is 0. The van der Waals surface area contributed by atoms with Crippen molar-refractivity contribution in [1.29, 1.82) is 0 Å². The molecule has 0 bridgehead atoms. The number of methoxy groups -OCH3 is 1. The molecule has 0 aliphatic heterocycles. The summed E-state index contributed by atoms with van der Waals surface area (Å²) in [4.78, 5) is 23.7. The molecule has 0 saturated carbocycles. The lowest BCUT2D eigenvalue weighted by molar-refractivity contribution is -0.140. The fourth-order valence-corrected chi connectivity index (χ4v) is 1.08. The van der Waals surface area contributed by atoms with E-state index < -0.39 is 12.0 Å². The standard InChI is InChI=1S/C11H13FN2O3/c1-14(7-10(15)17-2)11(16)13-9-5-3-8(12)4-6-9/h3-6H,7H2,1-2H3,(H,13,16). The highest BCUT2D eigenvalue weighted by molar-refractivity contribution is 5.91. The van der Waals surface area contributed by atoms with Crippen LogP contribution in [0.5, 0.6) is 0 Å². The van der Waals surface area contributed by atoms with E-state index in [1.807, 2.05) is 0 Å². The molecule has 0 unspecified atom stereocenters. The molecule has 1 rings (SSSR count). The normalized spacial score (nSPS) is 9.59. The van der Waals surface area contributed by atoms with Crippen molar-refractivity contribution in [3.8, 4) is 0 Å². The van der Waals surface area contributed by atoms with Gasteiger partial charge in [-0.2, -0.15) is 0 Å². The Bertz CT molecular complexity index is 406. The summed E-state index contributed by atoms with van der Waals surface area (Å²) in [5, 5.41) is 2.51. The second-order valence-corrected chi connectivity index (χ2v) is 3.37. The summed E-state index contributed by atoms with van der Waals surface area (Å²) < 4.78 is 17.0. The van der Waals surface area contributed by atoms with Crippen LogP contribution in [0.15, 0.2) is 24.3 Å². The third kappa shape index (κ3) is 4.10. The molecular weight excluding hydrogens is 227 g/mol. The van der Waals surface area contributed by atoms with Crippen molar-refractivity contribution < 1.29 is 18.7 Å². The van der Waals surface area contributed by atoms with Gasteiger partial charge in [0.15, 0.2) is 0 Å². The number of likely N-dealkylation sites (N-methyl/N-ethyl adjacent to an activating group) is 1. The summed E-state index contributed by atoms with van der Waals surface area (Å²) in [5.74, 6) is -0.896. The lowest BCUT2D eigenvalue weighted by Gasteiger charge is -2.16. The fraction of sp³-hybridized carbons (Fsp3) is 0.273. The maximum atomic E-state index is 12.6. The third-order valence-electron chi connectivity index (χ3n) is 2.04. The van der Waals surface area contributed by atoms with E-state index in [1.165, 1.54) is 38.4 Å². The van der Waals surface area contributed by atoms with E-state index in [1.54, 1.807) is 0 Å². The third-order valence-corrected chi connectivity index (χ3v) is 2.04. The summed E-state index contributed by atoms with van der Waals surface area (Å²) in [5.41, 5.74) is 0.452. The summed E-state index contributed by atoms with van der Waals surface area (Å²) in [6, 6.07) is 4.85. The number of hydrogen-bond acceptors (Lipinski definition) is 3. The predicted molar refractivity (Wildman–Crippen MR) is 60.1 cm³/mol. The molecule has 0 heterocycles. The Balaban J connectivity index is 2.54. The number of nitrogens with zero attached hydrogens (tertiary/aromatic N) is 1. The van der Waals surface area contributed by atoms with Gasteiger partial charge in [0.05, 0.1) is 7.11 Å². The van der Waals surface area contributed by atoms with Crippen molar-refractivity contribution in [3.05, 3.63) is 30.1 Å². The Morgan fingerprint density at radius 1 is 1.35 bits per heavy atom. The van der Waals surface area contributed by atoms with E-state index in [9.17, 15) is 14.0 Å². The maximum Gasteiger partial charge on any atom is 0.325 e. The van der Waals surface area contributed by atoms with Crippen molar-refractivity contribution in [2.24, 2.45) is 0 Å². The second-order valence-electron chi connectivity index (χ2n) is 3.37. The lowest BCUT2D eigenvalue weighted by atomic mass is 10.3. The molecule has 0 radical (unpaired) electrons. The van der Waals surface area contributed by atoms with Gasteiger partial charge in [-0.15, -0.1) is 0 Å². The van der Waals surface area contributed by atoms with Crippen LogP contribution < -0.4 is 5.32 Å². The first-order valence-electron chi connectivity index (χ1n) is 4.87. The number of hydrogen-bond donors (Lipinski definition) is 1. The average molecular weight is 240 g/mol. The van der Waals surface area contributed by atoms with Gasteiger partial charge in [0, 0.05) is 12.7 Å². The average Bonchev–Trinajstić information content (AvgIpc) is 2.31. The van der Waals surface area contributed by atoms with Gasteiger partial charge >= 0.3 is 12.0 Å². The predicted octanol–water partition coefficient (Wildman–Crippen LogP) is 1.46. The molecule has 1 aromatic rings. The van der Waals surface area contributed by atoms with E-state index >= 15 is 0 Å². The number of urea groups is 1. The molecule has 92 valence electrons. The van der Waals surface area contributed by atoms with Crippen LogP contribution in [0.2, 0.25) is 0 Å². The van der Waals surface area contributed by atoms with Gasteiger partial charge in [-0.1, -0.05) is 0 Å². The molecule has 1 aromatic carbocycles. The van der Waals surface area contributed by atoms with Gasteiger partial charge in [0.1, 0.15) is 12.4 Å². The van der Waals surface area contributed by atoms with Gasteiger partial charge in [-0.3, -0.25) is 4.79 Å². The van der Waals surface area contributed by atoms with Crippen LogP contribution in [-0.4, -0.2) is 37.6 Å². The molecule has 0 saturated heterocycles. The molecule has 2 amide bonds. The van der Waals surface area contributed by atoms with Crippen LogP contribution in [0, 0.1) is 5.82 Å². The van der Waals surface area contributed by atoms with Crippen LogP contribution in [0.1, 0.15) is 0 Å². The van der Waals surface area contributed by atoms with Crippen LogP contribution in [-0.2, 0) is 9.53 Å². The largest absolute Gasteiger partial charge is 0.468 e. The van der Waals surface area contributed by atoms with Gasteiger partial charge in [0.25, 0.3) is 0 Å². The van der Waals surface area contributed by atoms with Crippen LogP contribution in [0.4, 0.5) is 14.9 Å². The van der Waals surface area contributed by atoms with E-state index in [-0.39, 0.29) is 12.4 Å². The maximum absolute atomic E-state index is 12.6. The van der Waals surface area contributed by atoms with Crippen LogP contribution in [0.25, 0.3) is 0 Å². The molecule has 0 aromatic heterocycles. The zero-order valence-electron chi connectivity index (χ0n) is 9.57. The van der Waals surface area contributed by atoms with Crippen LogP contribution in [0.3, 0.4) is 0 Å². The number of esters is 1. The van der Waals surface area contributed by atoms with Crippen molar-refractivity contribution in [3.63, 3.8) is 0 Å². The molecule has 1 N–H and O–H groups in total. The first kappa shape index (κ1) is 13.0. The topological polar surface area (TPSA) is 58.6 Å². The highest BCUT2D eigenvalue weighted by atomic mass is 19.1. The Morgan fingerprint density at radius 2 is 1.94 bits per heavy atom. The Labute approximate surface area is 98.2 Å². The Morgan fingerprint density at radius 3 is 2.47 bits per heavy atom. The minimum Gasteiger partial charge on any atom is -0.468 e. The molecule has 6 heteroatoms. The molecule has 0 spiro atoms. The van der Waals surface area contributed by atoms with E-state index in [0.29, 0.717) is 5.69 Å². The van der Waals surface area contributed by atoms with E-state index in [2.05, 4.69) is 10.1 Å². The van der Waals surface area contributed by atoms with Crippen molar-refractivity contribution >= 4 is 17.7 Å². The van der Waals surface area contributed by atoms with Crippen molar-refractivity contribution in [2.45, 2.75) is 0 Å². The zero-order chi connectivity index (χ0) is 12.8. The van der Waals surface area contributed by atoms with Gasteiger partial charge in [-0.05, 0) is 24.3 Å². The van der Waals surface area contributed by atoms with E-state index in [4.69, 9.17) is 0 Å². The highest BCUT2D eigenvalue weighted by Crippen LogP contribution is 2.08. The number of anilines is 1. The van der Waals surface area contributed by atoms with Crippen LogP contribution >= 0.6 is 0 Å². The number of rotatable bonds is 3. The summed E-state index contributed by atoms with van der Waals surface area (Å²) in [6.45, 7) is -0.149. The molecule has 5 nitrogen and oxygen atoms in total. The van der Waals surface area contributed by atoms with E-state index in [0.717, 1.165) is 4.90 Å². The smallest absolute Gasteiger partial charge is 0.325 e. The zero-order valence-corrected chi connectivity index (χ0v) is 9.57. The Kier molecular flexibility index (Phi) is 4.45. The molecule has 0 aliphatic carbocycles. The van der Waals surface area contributed by atoms with Gasteiger partial charge < -0.3 is 15.0 Å². The number of nitrogens with one attached hydrogen (secondary N) is 1. The minimum absolute atomic E-state index is 0.149. The first-order valence-corrected chi connectivity index (χ1v) is 4.87. The quantitative estimate of drug-likeness (QED) is 0.814. The van der Waals surface area contributed by atoms with Crippen molar-refractivity contribution in [2.75, 3.05) is 26.0 Å². The highest BCUT2D eigenvalue weighted by Gasteiger charge is 2.12. The first-order chi connectivity index (χ1) is 8.02. The number of carbonyl (C=O) groups excluding carboxylic acids is 2. The molecule has 0 fully saturated rings. The number of ether oxygens (including phenoxy) is 1. The lowest BCUT2D eigenvalue weighted by Crippen LogP contribution is -2.35. The SMILES string of the molecule is COC(=O)CN(C)C(=O)Nc1ccc(F)cc1. The Hall–Kier alpha value is -2.11. The molecule has 0 atom stereocenters. The monoisotopic (exact) mass is 240 g/mol. The molecular formula is C11H13FN2O3. The number of benzene rings is 1. The van der Waals surface area contributed by atoms with Gasteiger partial charge in [0.2, 0.25) is 0 Å². The summed E-state index contributed by atoms with van der Waals surface area (Å²) in [6.07, 6.45) is 0.